The molecule has 10 heteroatoms. The quantitative estimate of drug-likeness (QED) is 0.286. The van der Waals surface area contributed by atoms with Crippen LogP contribution in [0.4, 0.5) is 10.9 Å². The van der Waals surface area contributed by atoms with Crippen molar-refractivity contribution < 1.29 is 24.2 Å². The van der Waals surface area contributed by atoms with Crippen molar-refractivity contribution >= 4 is 50.3 Å². The topological polar surface area (TPSA) is 122 Å². The standard InChI is InChI=1S/C30H30N4O5S/c1-30(2,3)39-28(38)26-19(12-14-25(35)36)11-13-24(32-26)34-16-15-18-7-6-8-20(21(18)17-34)27(37)33-29-31-22-9-4-5-10-23(22)40-29/h4-11,13H,12,14-17H2,1-3H3,(H,35,36)(H,31,33,37). The van der Waals surface area contributed by atoms with Gasteiger partial charge in [-0.15, -0.1) is 0 Å². The molecule has 0 aliphatic carbocycles. The van der Waals surface area contributed by atoms with Gasteiger partial charge in [0.05, 0.1) is 10.2 Å². The Balaban J connectivity index is 1.41. The van der Waals surface area contributed by atoms with Crippen LogP contribution in [0.5, 0.6) is 0 Å². The van der Waals surface area contributed by atoms with Crippen LogP contribution in [0.2, 0.25) is 0 Å². The number of benzene rings is 2. The predicted octanol–water partition coefficient (Wildman–Crippen LogP) is 5.48. The normalized spacial score (nSPS) is 13.1. The highest BCUT2D eigenvalue weighted by Crippen LogP contribution is 2.30. The Kier molecular flexibility index (Phi) is 7.53. The van der Waals surface area contributed by atoms with Crippen molar-refractivity contribution in [2.24, 2.45) is 0 Å². The van der Waals surface area contributed by atoms with Crippen LogP contribution in [0, 0.1) is 0 Å². The van der Waals surface area contributed by atoms with Crippen molar-refractivity contribution in [3.8, 4) is 0 Å². The monoisotopic (exact) mass is 558 g/mol. The Bertz CT molecular complexity index is 1570. The second-order valence-corrected chi connectivity index (χ2v) is 11.7. The third-order valence-electron chi connectivity index (χ3n) is 6.52. The number of anilines is 2. The number of nitrogens with zero attached hydrogens (tertiary/aromatic N) is 3. The first-order valence-corrected chi connectivity index (χ1v) is 13.9. The molecule has 3 heterocycles. The van der Waals surface area contributed by atoms with Crippen LogP contribution >= 0.6 is 11.3 Å². The molecule has 1 aliphatic heterocycles. The van der Waals surface area contributed by atoms with E-state index in [-0.39, 0.29) is 24.4 Å². The van der Waals surface area contributed by atoms with Crippen molar-refractivity contribution in [3.05, 3.63) is 82.5 Å². The molecule has 0 spiro atoms. The molecule has 206 valence electrons. The van der Waals surface area contributed by atoms with Crippen LogP contribution < -0.4 is 10.2 Å². The molecule has 0 radical (unpaired) electrons. The number of aryl methyl sites for hydroxylation is 1. The third-order valence-corrected chi connectivity index (χ3v) is 7.47. The highest BCUT2D eigenvalue weighted by atomic mass is 32.1. The van der Waals surface area contributed by atoms with E-state index >= 15 is 0 Å². The maximum absolute atomic E-state index is 13.4. The van der Waals surface area contributed by atoms with E-state index in [4.69, 9.17) is 9.84 Å². The number of thiazole rings is 1. The number of nitrogens with one attached hydrogen (secondary N) is 1. The van der Waals surface area contributed by atoms with E-state index in [1.807, 2.05) is 41.3 Å². The number of carbonyl (C=O) groups is 3. The smallest absolute Gasteiger partial charge is 0.357 e. The van der Waals surface area contributed by atoms with Gasteiger partial charge in [0.15, 0.2) is 10.8 Å². The summed E-state index contributed by atoms with van der Waals surface area (Å²) in [5.41, 5.74) is 3.28. The van der Waals surface area contributed by atoms with Crippen molar-refractivity contribution in [3.63, 3.8) is 0 Å². The Morgan fingerprint density at radius 3 is 2.60 bits per heavy atom. The highest BCUT2D eigenvalue weighted by molar-refractivity contribution is 7.22. The molecule has 0 fully saturated rings. The summed E-state index contributed by atoms with van der Waals surface area (Å²) < 4.78 is 6.57. The summed E-state index contributed by atoms with van der Waals surface area (Å²) in [4.78, 5) is 48.8. The number of pyridine rings is 1. The first-order chi connectivity index (χ1) is 19.1. The largest absolute Gasteiger partial charge is 0.481 e. The van der Waals surface area contributed by atoms with Gasteiger partial charge in [0.25, 0.3) is 5.91 Å². The number of fused-ring (bicyclic) bond motifs is 2. The van der Waals surface area contributed by atoms with E-state index in [0.717, 1.165) is 21.3 Å². The summed E-state index contributed by atoms with van der Waals surface area (Å²) >= 11 is 1.43. The molecule has 0 saturated carbocycles. The summed E-state index contributed by atoms with van der Waals surface area (Å²) in [5.74, 6) is -1.22. The predicted molar refractivity (Wildman–Crippen MR) is 154 cm³/mol. The molecule has 1 aliphatic rings. The van der Waals surface area contributed by atoms with Gasteiger partial charge in [0.2, 0.25) is 0 Å². The Morgan fingerprint density at radius 2 is 1.85 bits per heavy atom. The molecule has 1 amide bonds. The summed E-state index contributed by atoms with van der Waals surface area (Å²) in [6, 6.07) is 17.0. The maximum Gasteiger partial charge on any atom is 0.357 e. The zero-order valence-corrected chi connectivity index (χ0v) is 23.4. The number of aromatic nitrogens is 2. The van der Waals surface area contributed by atoms with Crippen LogP contribution in [-0.2, 0) is 28.9 Å². The minimum absolute atomic E-state index is 0.112. The van der Waals surface area contributed by atoms with Gasteiger partial charge in [-0.05, 0) is 74.6 Å². The van der Waals surface area contributed by atoms with Gasteiger partial charge in [-0.25, -0.2) is 14.8 Å². The van der Waals surface area contributed by atoms with Crippen molar-refractivity contribution in [2.45, 2.75) is 52.2 Å². The number of amides is 1. The lowest BCUT2D eigenvalue weighted by Crippen LogP contribution is -2.33. The highest BCUT2D eigenvalue weighted by Gasteiger charge is 2.26. The summed E-state index contributed by atoms with van der Waals surface area (Å²) in [5, 5.41) is 12.7. The van der Waals surface area contributed by atoms with Gasteiger partial charge in [-0.1, -0.05) is 41.7 Å². The number of hydrogen-bond donors (Lipinski definition) is 2. The van der Waals surface area contributed by atoms with Crippen LogP contribution in [0.25, 0.3) is 10.2 Å². The zero-order valence-electron chi connectivity index (χ0n) is 22.6. The Hall–Kier alpha value is -4.31. The van der Waals surface area contributed by atoms with Gasteiger partial charge in [0.1, 0.15) is 11.4 Å². The molecule has 2 aromatic carbocycles. The molecular weight excluding hydrogens is 528 g/mol. The van der Waals surface area contributed by atoms with Crippen LogP contribution in [0.15, 0.2) is 54.6 Å². The maximum atomic E-state index is 13.4. The second-order valence-electron chi connectivity index (χ2n) is 10.6. The summed E-state index contributed by atoms with van der Waals surface area (Å²) in [6.07, 6.45) is 0.735. The Labute approximate surface area is 235 Å². The molecular formula is C30H30N4O5S. The second kappa shape index (κ2) is 11.1. The van der Waals surface area contributed by atoms with Crippen LogP contribution in [0.3, 0.4) is 0 Å². The van der Waals surface area contributed by atoms with Gasteiger partial charge in [-0.2, -0.15) is 0 Å². The average molecular weight is 559 g/mol. The zero-order chi connectivity index (χ0) is 28.4. The molecule has 4 aromatic rings. The van der Waals surface area contributed by atoms with Crippen molar-refractivity contribution in [1.82, 2.24) is 9.97 Å². The average Bonchev–Trinajstić information content (AvgIpc) is 3.32. The number of hydrogen-bond acceptors (Lipinski definition) is 8. The van der Waals surface area contributed by atoms with E-state index in [9.17, 15) is 14.4 Å². The fourth-order valence-corrected chi connectivity index (χ4v) is 5.54. The number of carboxylic acid groups (broad SMARTS) is 1. The number of para-hydroxylation sites is 1. The number of carboxylic acids is 1. The van der Waals surface area contributed by atoms with Crippen molar-refractivity contribution in [1.29, 1.82) is 0 Å². The number of aliphatic carboxylic acids is 1. The molecule has 9 nitrogen and oxygen atoms in total. The lowest BCUT2D eigenvalue weighted by Gasteiger charge is -2.31. The number of carbonyl (C=O) groups excluding carboxylic acids is 2. The summed E-state index contributed by atoms with van der Waals surface area (Å²) in [6.45, 7) is 6.38. The van der Waals surface area contributed by atoms with Gasteiger partial charge in [-0.3, -0.25) is 14.9 Å². The van der Waals surface area contributed by atoms with Crippen LogP contribution in [-0.4, -0.2) is 45.1 Å². The Morgan fingerprint density at radius 1 is 1.05 bits per heavy atom. The van der Waals surface area contributed by atoms with E-state index in [1.54, 1.807) is 39.0 Å². The van der Waals surface area contributed by atoms with E-state index < -0.39 is 17.5 Å². The lowest BCUT2D eigenvalue weighted by molar-refractivity contribution is -0.136. The molecule has 2 aromatic heterocycles. The molecule has 0 saturated heterocycles. The SMILES string of the molecule is CC(C)(C)OC(=O)c1nc(N2CCc3cccc(C(=O)Nc4nc5ccccc5s4)c3C2)ccc1CCC(=O)O. The van der Waals surface area contributed by atoms with Gasteiger partial charge in [0, 0.05) is 25.1 Å². The third kappa shape index (κ3) is 6.12. The van der Waals surface area contributed by atoms with Crippen LogP contribution in [0.1, 0.15) is 64.7 Å². The molecule has 0 bridgehead atoms. The fraction of sp³-hybridized carbons (Fsp3) is 0.300. The minimum Gasteiger partial charge on any atom is -0.481 e. The van der Waals surface area contributed by atoms with Gasteiger partial charge < -0.3 is 14.7 Å². The first-order valence-electron chi connectivity index (χ1n) is 13.0. The molecule has 5 rings (SSSR count). The number of esters is 1. The first kappa shape index (κ1) is 27.3. The fourth-order valence-electron chi connectivity index (χ4n) is 4.68. The molecule has 0 unspecified atom stereocenters. The lowest BCUT2D eigenvalue weighted by atomic mass is 9.94. The summed E-state index contributed by atoms with van der Waals surface area (Å²) in [7, 11) is 0. The number of rotatable bonds is 7. The van der Waals surface area contributed by atoms with Crippen molar-refractivity contribution in [2.75, 3.05) is 16.8 Å². The molecule has 0 atom stereocenters. The molecule has 2 N–H and O–H groups in total. The van der Waals surface area contributed by atoms with E-state index in [2.05, 4.69) is 15.3 Å². The van der Waals surface area contributed by atoms with E-state index in [1.165, 1.54) is 11.3 Å². The van der Waals surface area contributed by atoms with Gasteiger partial charge >= 0.3 is 11.9 Å². The minimum atomic E-state index is -0.955. The molecule has 40 heavy (non-hydrogen) atoms. The number of ether oxygens (including phenoxy) is 1. The van der Waals surface area contributed by atoms with E-state index in [0.29, 0.717) is 41.6 Å².